The van der Waals surface area contributed by atoms with E-state index in [1.807, 2.05) is 19.1 Å². The van der Waals surface area contributed by atoms with Crippen LogP contribution in [0.5, 0.6) is 5.88 Å². The molecule has 0 atom stereocenters. The maximum Gasteiger partial charge on any atom is 0.229 e. The number of pyridine rings is 1. The van der Waals surface area contributed by atoms with E-state index in [0.717, 1.165) is 25.0 Å². The lowest BCUT2D eigenvalue weighted by Crippen LogP contribution is -2.29. The number of rotatable bonds is 6. The van der Waals surface area contributed by atoms with Crippen molar-refractivity contribution in [1.29, 1.82) is 0 Å². The third kappa shape index (κ3) is 3.05. The summed E-state index contributed by atoms with van der Waals surface area (Å²) in [7, 11) is 1.61. The maximum absolute atomic E-state index is 5.55. The topological polar surface area (TPSA) is 70.3 Å². The highest BCUT2D eigenvalue weighted by molar-refractivity contribution is 5.28. The Balaban J connectivity index is 1.63. The summed E-state index contributed by atoms with van der Waals surface area (Å²) in [5.41, 5.74) is 0.952. The second-order valence-corrected chi connectivity index (χ2v) is 5.14. The summed E-state index contributed by atoms with van der Waals surface area (Å²) in [5.74, 6) is 2.31. The molecule has 0 amide bonds. The van der Waals surface area contributed by atoms with Crippen LogP contribution in [0.2, 0.25) is 0 Å². The van der Waals surface area contributed by atoms with Gasteiger partial charge in [0.2, 0.25) is 11.8 Å². The molecule has 6 nitrogen and oxygen atoms in total. The molecule has 3 rings (SSSR count). The molecule has 2 aromatic heterocycles. The fourth-order valence-electron chi connectivity index (χ4n) is 2.56. The molecule has 0 spiro atoms. The van der Waals surface area contributed by atoms with Crippen molar-refractivity contribution in [3.8, 4) is 5.88 Å². The summed E-state index contributed by atoms with van der Waals surface area (Å²) in [6.45, 7) is 2.77. The molecule has 2 aromatic rings. The van der Waals surface area contributed by atoms with Gasteiger partial charge in [0.15, 0.2) is 5.82 Å². The van der Waals surface area contributed by atoms with E-state index >= 15 is 0 Å². The van der Waals surface area contributed by atoms with Crippen LogP contribution in [0.25, 0.3) is 0 Å². The molecule has 21 heavy (non-hydrogen) atoms. The van der Waals surface area contributed by atoms with Gasteiger partial charge in [0.05, 0.1) is 13.2 Å². The summed E-state index contributed by atoms with van der Waals surface area (Å²) in [6.07, 6.45) is 4.53. The number of hydrogen-bond donors (Lipinski definition) is 0. The zero-order valence-corrected chi connectivity index (χ0v) is 12.3. The van der Waals surface area contributed by atoms with Crippen molar-refractivity contribution in [3.05, 3.63) is 35.6 Å². The van der Waals surface area contributed by atoms with Gasteiger partial charge in [-0.3, -0.25) is 0 Å². The first-order chi connectivity index (χ1) is 10.3. The number of aromatic nitrogens is 3. The predicted molar refractivity (Wildman–Crippen MR) is 75.3 cm³/mol. The first-order valence-corrected chi connectivity index (χ1v) is 7.22. The van der Waals surface area contributed by atoms with Crippen LogP contribution in [0.15, 0.2) is 22.9 Å². The monoisotopic (exact) mass is 289 g/mol. The Kier molecular flexibility index (Phi) is 4.15. The Morgan fingerprint density at radius 1 is 1.38 bits per heavy atom. The minimum atomic E-state index is 0.332. The highest BCUT2D eigenvalue weighted by atomic mass is 16.5. The fraction of sp³-hybridized carbons (Fsp3) is 0.533. The molecule has 0 aromatic carbocycles. The van der Waals surface area contributed by atoms with E-state index in [9.17, 15) is 0 Å². The zero-order chi connectivity index (χ0) is 14.7. The van der Waals surface area contributed by atoms with Crippen LogP contribution < -0.4 is 4.74 Å². The molecule has 1 aliphatic rings. The fourth-order valence-corrected chi connectivity index (χ4v) is 2.56. The van der Waals surface area contributed by atoms with Gasteiger partial charge in [0.1, 0.15) is 0 Å². The Labute approximate surface area is 123 Å². The molecule has 112 valence electrons. The van der Waals surface area contributed by atoms with Crippen LogP contribution in [0.4, 0.5) is 0 Å². The largest absolute Gasteiger partial charge is 0.481 e. The maximum atomic E-state index is 5.55. The van der Waals surface area contributed by atoms with Crippen LogP contribution in [0.1, 0.15) is 43.0 Å². The van der Waals surface area contributed by atoms with Crippen LogP contribution in [0, 0.1) is 0 Å². The lowest BCUT2D eigenvalue weighted by Gasteiger charge is -2.32. The molecule has 0 bridgehead atoms. The average Bonchev–Trinajstić information content (AvgIpc) is 2.91. The van der Waals surface area contributed by atoms with Gasteiger partial charge in [0.25, 0.3) is 0 Å². The SMILES string of the molecule is CCOC1CC(c2nc(Cc3cccnc3OC)no2)C1. The third-order valence-corrected chi connectivity index (χ3v) is 3.72. The van der Waals surface area contributed by atoms with E-state index < -0.39 is 0 Å². The molecule has 2 heterocycles. The van der Waals surface area contributed by atoms with E-state index in [4.69, 9.17) is 14.0 Å². The number of nitrogens with zero attached hydrogens (tertiary/aromatic N) is 3. The van der Waals surface area contributed by atoms with Gasteiger partial charge in [-0.05, 0) is 25.8 Å². The molecule has 0 unspecified atom stereocenters. The molecular formula is C15H19N3O3. The highest BCUT2D eigenvalue weighted by Crippen LogP contribution is 2.37. The Bertz CT molecular complexity index is 593. The van der Waals surface area contributed by atoms with Crippen molar-refractivity contribution in [1.82, 2.24) is 15.1 Å². The molecule has 0 aliphatic heterocycles. The molecule has 0 saturated heterocycles. The standard InChI is InChI=1S/C15H19N3O3/c1-3-20-12-7-11(8-12)15-17-13(18-21-15)9-10-5-4-6-16-14(10)19-2/h4-6,11-12H,3,7-9H2,1-2H3. The van der Waals surface area contributed by atoms with Crippen molar-refractivity contribution in [3.63, 3.8) is 0 Å². The molecule has 1 aliphatic carbocycles. The van der Waals surface area contributed by atoms with Gasteiger partial charge in [-0.25, -0.2) is 4.98 Å². The quantitative estimate of drug-likeness (QED) is 0.813. The van der Waals surface area contributed by atoms with Crippen LogP contribution >= 0.6 is 0 Å². The van der Waals surface area contributed by atoms with Gasteiger partial charge in [-0.15, -0.1) is 0 Å². The molecular weight excluding hydrogens is 270 g/mol. The smallest absolute Gasteiger partial charge is 0.229 e. The van der Waals surface area contributed by atoms with Crippen LogP contribution in [-0.2, 0) is 11.2 Å². The van der Waals surface area contributed by atoms with Gasteiger partial charge < -0.3 is 14.0 Å². The number of methoxy groups -OCH3 is 1. The molecule has 1 saturated carbocycles. The Morgan fingerprint density at radius 2 is 2.24 bits per heavy atom. The van der Waals surface area contributed by atoms with E-state index in [0.29, 0.717) is 36.0 Å². The molecule has 1 fully saturated rings. The van der Waals surface area contributed by atoms with Crippen LogP contribution in [0.3, 0.4) is 0 Å². The second kappa shape index (κ2) is 6.22. The van der Waals surface area contributed by atoms with Crippen molar-refractivity contribution in [2.75, 3.05) is 13.7 Å². The first-order valence-electron chi connectivity index (χ1n) is 7.22. The third-order valence-electron chi connectivity index (χ3n) is 3.72. The van der Waals surface area contributed by atoms with Gasteiger partial charge in [-0.2, -0.15) is 4.98 Å². The average molecular weight is 289 g/mol. The minimum absolute atomic E-state index is 0.332. The van der Waals surface area contributed by atoms with Crippen LogP contribution in [-0.4, -0.2) is 34.9 Å². The Morgan fingerprint density at radius 3 is 3.00 bits per heavy atom. The summed E-state index contributed by atoms with van der Waals surface area (Å²) in [6, 6.07) is 3.83. The van der Waals surface area contributed by atoms with Crippen molar-refractivity contribution < 1.29 is 14.0 Å². The summed E-state index contributed by atoms with van der Waals surface area (Å²) in [5, 5.41) is 4.05. The minimum Gasteiger partial charge on any atom is -0.481 e. The normalized spacial score (nSPS) is 21.0. The lowest BCUT2D eigenvalue weighted by molar-refractivity contribution is -0.00961. The molecule has 6 heteroatoms. The van der Waals surface area contributed by atoms with E-state index in [-0.39, 0.29) is 0 Å². The molecule has 0 N–H and O–H groups in total. The lowest BCUT2D eigenvalue weighted by atomic mass is 9.82. The van der Waals surface area contributed by atoms with Crippen molar-refractivity contribution >= 4 is 0 Å². The second-order valence-electron chi connectivity index (χ2n) is 5.14. The number of hydrogen-bond acceptors (Lipinski definition) is 6. The Hall–Kier alpha value is -1.95. The van der Waals surface area contributed by atoms with Gasteiger partial charge in [0, 0.05) is 30.7 Å². The molecule has 0 radical (unpaired) electrons. The number of ether oxygens (including phenoxy) is 2. The van der Waals surface area contributed by atoms with Crippen molar-refractivity contribution in [2.24, 2.45) is 0 Å². The first kappa shape index (κ1) is 14.0. The van der Waals surface area contributed by atoms with Crippen molar-refractivity contribution in [2.45, 2.75) is 38.2 Å². The zero-order valence-electron chi connectivity index (χ0n) is 12.3. The summed E-state index contributed by atoms with van der Waals surface area (Å²) in [4.78, 5) is 8.65. The van der Waals surface area contributed by atoms with E-state index in [1.165, 1.54) is 0 Å². The van der Waals surface area contributed by atoms with Gasteiger partial charge in [-0.1, -0.05) is 11.2 Å². The van der Waals surface area contributed by atoms with E-state index in [1.54, 1.807) is 13.3 Å². The summed E-state index contributed by atoms with van der Waals surface area (Å²) >= 11 is 0. The summed E-state index contributed by atoms with van der Waals surface area (Å²) < 4.78 is 16.1. The van der Waals surface area contributed by atoms with E-state index in [2.05, 4.69) is 15.1 Å². The highest BCUT2D eigenvalue weighted by Gasteiger charge is 2.34. The van der Waals surface area contributed by atoms with Gasteiger partial charge >= 0.3 is 0 Å². The predicted octanol–water partition coefficient (Wildman–Crippen LogP) is 2.35.